The molecule has 0 aromatic rings. The molecule has 0 aromatic carbocycles. The number of epoxide rings is 1. The molecule has 0 spiro atoms. The van der Waals surface area contributed by atoms with Gasteiger partial charge in [0.15, 0.2) is 6.29 Å². The summed E-state index contributed by atoms with van der Waals surface area (Å²) in [4.78, 5) is 0. The summed E-state index contributed by atoms with van der Waals surface area (Å²) < 4.78 is 15.3. The van der Waals surface area contributed by atoms with Crippen LogP contribution in [0.2, 0.25) is 0 Å². The Balaban J connectivity index is 1.95. The zero-order valence-electron chi connectivity index (χ0n) is 5.69. The summed E-state index contributed by atoms with van der Waals surface area (Å²) in [5.74, 6) is 0. The minimum absolute atomic E-state index is 0.0149. The molecule has 0 amide bonds. The van der Waals surface area contributed by atoms with Gasteiger partial charge >= 0.3 is 0 Å². The monoisotopic (exact) mass is 146 g/mol. The quantitative estimate of drug-likeness (QED) is 0.514. The van der Waals surface area contributed by atoms with Gasteiger partial charge in [-0.1, -0.05) is 0 Å². The van der Waals surface area contributed by atoms with Gasteiger partial charge in [-0.2, -0.15) is 0 Å². The summed E-state index contributed by atoms with van der Waals surface area (Å²) in [6.45, 7) is 0.0149. The summed E-state index contributed by atoms with van der Waals surface area (Å²) in [5.41, 5.74) is 0. The molecular formula is C6H10O4. The maximum Gasteiger partial charge on any atom is 0.186 e. The number of aliphatic hydroxyl groups excluding tert-OH is 1. The summed E-state index contributed by atoms with van der Waals surface area (Å²) in [5, 5.41) is 8.72. The standard InChI is InChI=1S/C6H10O4/c1-8-6-5-4(10-5)3(2-7)9-6/h3-7H,2H2,1H3/t3-,4-,5-,6?/m1/s1. The number of aliphatic hydroxyl groups is 1. The van der Waals surface area contributed by atoms with Crippen molar-refractivity contribution in [1.82, 2.24) is 0 Å². The average molecular weight is 146 g/mol. The maximum absolute atomic E-state index is 8.72. The van der Waals surface area contributed by atoms with Gasteiger partial charge in [-0.05, 0) is 0 Å². The zero-order valence-corrected chi connectivity index (χ0v) is 5.69. The highest BCUT2D eigenvalue weighted by atomic mass is 16.8. The first-order valence-electron chi connectivity index (χ1n) is 3.31. The molecule has 2 saturated heterocycles. The Labute approximate surface area is 58.7 Å². The Morgan fingerprint density at radius 1 is 1.40 bits per heavy atom. The second-order valence-electron chi connectivity index (χ2n) is 2.53. The van der Waals surface area contributed by atoms with E-state index in [1.807, 2.05) is 0 Å². The number of hydrogen-bond donors (Lipinski definition) is 1. The van der Waals surface area contributed by atoms with Gasteiger partial charge in [0.25, 0.3) is 0 Å². The average Bonchev–Trinajstić information content (AvgIpc) is 2.67. The van der Waals surface area contributed by atoms with E-state index in [9.17, 15) is 0 Å². The molecule has 10 heavy (non-hydrogen) atoms. The molecule has 4 nitrogen and oxygen atoms in total. The molecule has 4 atom stereocenters. The third-order valence-electron chi connectivity index (χ3n) is 1.92. The lowest BCUT2D eigenvalue weighted by molar-refractivity contribution is -0.166. The van der Waals surface area contributed by atoms with Crippen LogP contribution in [0.15, 0.2) is 0 Å². The topological polar surface area (TPSA) is 51.2 Å². The molecule has 0 aromatic heterocycles. The minimum Gasteiger partial charge on any atom is -0.394 e. The van der Waals surface area contributed by atoms with Crippen molar-refractivity contribution in [2.45, 2.75) is 24.6 Å². The number of hydrogen-bond acceptors (Lipinski definition) is 4. The highest BCUT2D eigenvalue weighted by Crippen LogP contribution is 2.38. The van der Waals surface area contributed by atoms with Crippen molar-refractivity contribution in [1.29, 1.82) is 0 Å². The van der Waals surface area contributed by atoms with Gasteiger partial charge in [-0.15, -0.1) is 0 Å². The lowest BCUT2D eigenvalue weighted by Gasteiger charge is -2.13. The second kappa shape index (κ2) is 2.17. The summed E-state index contributed by atoms with van der Waals surface area (Å²) >= 11 is 0. The molecule has 1 N–H and O–H groups in total. The predicted octanol–water partition coefficient (Wildman–Crippen LogP) is -0.883. The zero-order chi connectivity index (χ0) is 7.14. The van der Waals surface area contributed by atoms with E-state index in [0.29, 0.717) is 0 Å². The van der Waals surface area contributed by atoms with Crippen LogP contribution in [0.5, 0.6) is 0 Å². The van der Waals surface area contributed by atoms with Crippen LogP contribution in [0.3, 0.4) is 0 Å². The van der Waals surface area contributed by atoms with E-state index in [-0.39, 0.29) is 31.2 Å². The molecule has 2 rings (SSSR count). The second-order valence-corrected chi connectivity index (χ2v) is 2.53. The van der Waals surface area contributed by atoms with Crippen molar-refractivity contribution in [3.05, 3.63) is 0 Å². The normalized spacial score (nSPS) is 51.0. The minimum atomic E-state index is -0.262. The van der Waals surface area contributed by atoms with Gasteiger partial charge in [0.1, 0.15) is 18.3 Å². The number of fused-ring (bicyclic) bond motifs is 1. The van der Waals surface area contributed by atoms with Crippen LogP contribution < -0.4 is 0 Å². The van der Waals surface area contributed by atoms with E-state index >= 15 is 0 Å². The molecule has 2 heterocycles. The molecule has 4 heteroatoms. The van der Waals surface area contributed by atoms with E-state index in [2.05, 4.69) is 0 Å². The van der Waals surface area contributed by atoms with Crippen molar-refractivity contribution in [2.24, 2.45) is 0 Å². The first-order valence-corrected chi connectivity index (χ1v) is 3.31. The van der Waals surface area contributed by atoms with Crippen molar-refractivity contribution >= 4 is 0 Å². The highest BCUT2D eigenvalue weighted by Gasteiger charge is 2.58. The van der Waals surface area contributed by atoms with Crippen LogP contribution in [0, 0.1) is 0 Å². The van der Waals surface area contributed by atoms with Gasteiger partial charge in [0, 0.05) is 7.11 Å². The molecule has 0 bridgehead atoms. The first kappa shape index (κ1) is 6.54. The molecule has 2 aliphatic heterocycles. The number of methoxy groups -OCH3 is 1. The van der Waals surface area contributed by atoms with Crippen LogP contribution in [-0.4, -0.2) is 43.4 Å². The van der Waals surface area contributed by atoms with Crippen LogP contribution in [-0.2, 0) is 14.2 Å². The van der Waals surface area contributed by atoms with Gasteiger partial charge in [-0.3, -0.25) is 0 Å². The Morgan fingerprint density at radius 3 is 2.60 bits per heavy atom. The molecule has 0 aliphatic carbocycles. The van der Waals surface area contributed by atoms with Gasteiger partial charge in [-0.25, -0.2) is 0 Å². The van der Waals surface area contributed by atoms with E-state index in [1.165, 1.54) is 0 Å². The Morgan fingerprint density at radius 2 is 2.20 bits per heavy atom. The third-order valence-corrected chi connectivity index (χ3v) is 1.92. The fourth-order valence-corrected chi connectivity index (χ4v) is 1.32. The van der Waals surface area contributed by atoms with Gasteiger partial charge in [0.05, 0.1) is 6.61 Å². The number of ether oxygens (including phenoxy) is 3. The van der Waals surface area contributed by atoms with Crippen LogP contribution in [0.25, 0.3) is 0 Å². The van der Waals surface area contributed by atoms with E-state index in [1.54, 1.807) is 7.11 Å². The van der Waals surface area contributed by atoms with Gasteiger partial charge in [0.2, 0.25) is 0 Å². The molecule has 0 radical (unpaired) electrons. The first-order chi connectivity index (χ1) is 4.86. The lowest BCUT2D eigenvalue weighted by Crippen LogP contribution is -2.23. The smallest absolute Gasteiger partial charge is 0.186 e. The fourth-order valence-electron chi connectivity index (χ4n) is 1.32. The largest absolute Gasteiger partial charge is 0.394 e. The maximum atomic E-state index is 8.72. The summed E-state index contributed by atoms with van der Waals surface area (Å²) in [6, 6.07) is 0. The van der Waals surface area contributed by atoms with Crippen molar-refractivity contribution in [3.63, 3.8) is 0 Å². The summed E-state index contributed by atoms with van der Waals surface area (Å²) in [6.07, 6.45) is -0.283. The Bertz CT molecular complexity index is 124. The molecule has 0 saturated carbocycles. The van der Waals surface area contributed by atoms with Crippen molar-refractivity contribution in [3.8, 4) is 0 Å². The van der Waals surface area contributed by atoms with Crippen LogP contribution >= 0.6 is 0 Å². The molecule has 58 valence electrons. The fraction of sp³-hybridized carbons (Fsp3) is 1.00. The SMILES string of the molecule is COC1O[C@H](CO)[C@H]2O[C@@H]12. The molecule has 1 unspecified atom stereocenters. The molecule has 2 fully saturated rings. The van der Waals surface area contributed by atoms with Gasteiger partial charge < -0.3 is 19.3 Å². The highest BCUT2D eigenvalue weighted by molar-refractivity contribution is 4.99. The van der Waals surface area contributed by atoms with Crippen LogP contribution in [0.1, 0.15) is 0 Å². The third kappa shape index (κ3) is 0.769. The molecular weight excluding hydrogens is 136 g/mol. The Kier molecular flexibility index (Phi) is 1.42. The van der Waals surface area contributed by atoms with E-state index in [4.69, 9.17) is 19.3 Å². The van der Waals surface area contributed by atoms with Crippen molar-refractivity contribution in [2.75, 3.05) is 13.7 Å². The van der Waals surface area contributed by atoms with Crippen molar-refractivity contribution < 1.29 is 19.3 Å². The summed E-state index contributed by atoms with van der Waals surface area (Å²) in [7, 11) is 1.57. The predicted molar refractivity (Wildman–Crippen MR) is 31.4 cm³/mol. The van der Waals surface area contributed by atoms with E-state index < -0.39 is 0 Å². The number of rotatable bonds is 2. The Hall–Kier alpha value is -0.160. The molecule has 2 aliphatic rings. The lowest BCUT2D eigenvalue weighted by atomic mass is 10.2. The van der Waals surface area contributed by atoms with E-state index in [0.717, 1.165) is 0 Å². The van der Waals surface area contributed by atoms with Crippen LogP contribution in [0.4, 0.5) is 0 Å².